The van der Waals surface area contributed by atoms with E-state index in [4.69, 9.17) is 9.15 Å². The fourth-order valence-electron chi connectivity index (χ4n) is 4.61. The van der Waals surface area contributed by atoms with E-state index in [0.29, 0.717) is 36.6 Å². The number of imidazole rings is 1. The van der Waals surface area contributed by atoms with Crippen LogP contribution in [-0.4, -0.2) is 39.3 Å². The van der Waals surface area contributed by atoms with E-state index >= 15 is 0 Å². The van der Waals surface area contributed by atoms with Gasteiger partial charge in [0, 0.05) is 24.9 Å². The lowest BCUT2D eigenvalue weighted by Crippen LogP contribution is -2.35. The minimum absolute atomic E-state index is 0.0514. The summed E-state index contributed by atoms with van der Waals surface area (Å²) in [6, 6.07) is 8.11. The molecule has 1 aromatic carbocycles. The summed E-state index contributed by atoms with van der Waals surface area (Å²) in [6.07, 6.45) is 6.98. The largest absolute Gasteiger partial charge is 0.507 e. The van der Waals surface area contributed by atoms with Crippen LogP contribution in [0.1, 0.15) is 42.0 Å². The third kappa shape index (κ3) is 3.82. The molecule has 8 nitrogen and oxygen atoms in total. The first-order chi connectivity index (χ1) is 15.9. The highest BCUT2D eigenvalue weighted by Crippen LogP contribution is 2.41. The van der Waals surface area contributed by atoms with E-state index in [0.717, 1.165) is 17.7 Å². The number of rotatable bonds is 6. The van der Waals surface area contributed by atoms with Crippen molar-refractivity contribution in [2.45, 2.75) is 45.4 Å². The number of furan rings is 1. The van der Waals surface area contributed by atoms with Gasteiger partial charge in [-0.1, -0.05) is 0 Å². The summed E-state index contributed by atoms with van der Waals surface area (Å²) in [4.78, 5) is 30.6. The normalized spacial score (nSPS) is 21.5. The predicted octanol–water partition coefficient (Wildman–Crippen LogP) is 3.04. The number of hydrogen-bond acceptors (Lipinski definition) is 5. The number of hydrogen-bond donors (Lipinski definition) is 2. The number of nitrogens with zero attached hydrogens (tertiary/aromatic N) is 2. The Morgan fingerprint density at radius 3 is 2.85 bits per heavy atom. The van der Waals surface area contributed by atoms with Crippen LogP contribution in [-0.2, 0) is 22.6 Å². The highest BCUT2D eigenvalue weighted by molar-refractivity contribution is 6.46. The fourth-order valence-corrected chi connectivity index (χ4v) is 4.61. The molecule has 2 aliphatic heterocycles. The summed E-state index contributed by atoms with van der Waals surface area (Å²) in [6.45, 7) is 4.81. The first kappa shape index (κ1) is 21.1. The van der Waals surface area contributed by atoms with Gasteiger partial charge in [-0.25, -0.2) is 4.57 Å². The van der Waals surface area contributed by atoms with E-state index in [-0.39, 0.29) is 17.4 Å². The second-order valence-electron chi connectivity index (χ2n) is 8.60. The number of aryl methyl sites for hydroxylation is 2. The number of amides is 1. The molecule has 2 atom stereocenters. The molecular weight excluding hydrogens is 422 g/mol. The first-order valence-electron chi connectivity index (χ1n) is 11.1. The van der Waals surface area contributed by atoms with Crippen LogP contribution in [0, 0.1) is 6.92 Å². The maximum absolute atomic E-state index is 13.1. The van der Waals surface area contributed by atoms with Gasteiger partial charge in [0.05, 0.1) is 12.1 Å². The molecule has 33 heavy (non-hydrogen) atoms. The van der Waals surface area contributed by atoms with Crippen molar-refractivity contribution in [2.75, 3.05) is 6.54 Å². The van der Waals surface area contributed by atoms with Crippen molar-refractivity contribution in [3.05, 3.63) is 77.3 Å². The minimum atomic E-state index is -0.779. The van der Waals surface area contributed by atoms with Gasteiger partial charge >= 0.3 is 0 Å². The van der Waals surface area contributed by atoms with Crippen LogP contribution in [0.4, 0.5) is 0 Å². The first-order valence-corrected chi connectivity index (χ1v) is 11.1. The van der Waals surface area contributed by atoms with Gasteiger partial charge in [-0.2, -0.15) is 0 Å². The Hall–Kier alpha value is -3.81. The van der Waals surface area contributed by atoms with Crippen LogP contribution in [0.15, 0.2) is 59.0 Å². The van der Waals surface area contributed by atoms with Crippen molar-refractivity contribution >= 4 is 17.4 Å². The standard InChI is InChI=1S/C25H25N3O5/c1-15-4-6-20(32-15)22-21(23(29)17-5-7-19-18(13-17)12-16(2)33-19)24(30)25(31)28(22)10-3-9-27-11-8-26-14-27/h4-8,11,13-14,16,22H,3,9-10,12H2,1-2H3,(H,29,30)/p+1. The summed E-state index contributed by atoms with van der Waals surface area (Å²) in [5.74, 6) is 0.374. The molecule has 0 radical (unpaired) electrons. The molecule has 0 spiro atoms. The Balaban J connectivity index is 1.51. The molecule has 1 amide bonds. The zero-order valence-electron chi connectivity index (χ0n) is 18.6. The van der Waals surface area contributed by atoms with Crippen molar-refractivity contribution < 1.29 is 28.4 Å². The van der Waals surface area contributed by atoms with Gasteiger partial charge in [-0.3, -0.25) is 14.6 Å². The smallest absolute Gasteiger partial charge is 0.295 e. The Labute approximate surface area is 191 Å². The van der Waals surface area contributed by atoms with Gasteiger partial charge in [0.2, 0.25) is 6.33 Å². The highest BCUT2D eigenvalue weighted by atomic mass is 16.5. The molecule has 5 rings (SSSR count). The number of carbonyl (C=O) groups is 2. The summed E-state index contributed by atoms with van der Waals surface area (Å²) in [5.41, 5.74) is 1.51. The number of aliphatic hydroxyl groups excluding tert-OH is 1. The van der Waals surface area contributed by atoms with E-state index in [9.17, 15) is 14.7 Å². The molecule has 0 bridgehead atoms. The summed E-state index contributed by atoms with van der Waals surface area (Å²) in [7, 11) is 0. The van der Waals surface area contributed by atoms with Crippen LogP contribution in [0.3, 0.4) is 0 Å². The number of likely N-dealkylation sites (tertiary alicyclic amines) is 1. The molecule has 170 valence electrons. The molecule has 3 aromatic rings. The number of aromatic amines is 1. The summed E-state index contributed by atoms with van der Waals surface area (Å²) < 4.78 is 13.5. The van der Waals surface area contributed by atoms with Crippen molar-refractivity contribution in [1.82, 2.24) is 9.88 Å². The number of H-pyrrole nitrogens is 1. The second kappa shape index (κ2) is 8.27. The second-order valence-corrected chi connectivity index (χ2v) is 8.60. The fraction of sp³-hybridized carbons (Fsp3) is 0.320. The number of ether oxygens (including phenoxy) is 1. The molecule has 1 fully saturated rings. The predicted molar refractivity (Wildman–Crippen MR) is 118 cm³/mol. The SMILES string of the molecule is Cc1ccc(C2/C(=C(\O)c3ccc4c(c3)CC(C)O4)C(=O)C(=O)N2CCC[n+]2cc[nH]c2)o1. The molecule has 1 saturated heterocycles. The Morgan fingerprint density at radius 1 is 1.27 bits per heavy atom. The number of fused-ring (bicyclic) bond motifs is 1. The van der Waals surface area contributed by atoms with Gasteiger partial charge in [-0.15, -0.1) is 0 Å². The van der Waals surface area contributed by atoms with Crippen LogP contribution in [0.25, 0.3) is 5.76 Å². The lowest BCUT2D eigenvalue weighted by Gasteiger charge is -2.23. The molecule has 2 unspecified atom stereocenters. The van der Waals surface area contributed by atoms with Gasteiger partial charge in [0.25, 0.3) is 11.7 Å². The maximum Gasteiger partial charge on any atom is 0.295 e. The van der Waals surface area contributed by atoms with E-state index in [1.165, 1.54) is 4.90 Å². The van der Waals surface area contributed by atoms with Crippen LogP contribution >= 0.6 is 0 Å². The van der Waals surface area contributed by atoms with Gasteiger partial charge in [-0.05, 0) is 49.7 Å². The van der Waals surface area contributed by atoms with Crippen molar-refractivity contribution in [3.63, 3.8) is 0 Å². The third-order valence-electron chi connectivity index (χ3n) is 6.16. The zero-order valence-corrected chi connectivity index (χ0v) is 18.6. The number of ketones is 1. The molecule has 2 N–H and O–H groups in total. The molecule has 2 aromatic heterocycles. The minimum Gasteiger partial charge on any atom is -0.507 e. The number of aliphatic hydroxyl groups is 1. The molecule has 4 heterocycles. The quantitative estimate of drug-likeness (QED) is 0.261. The molecular formula is C25H26N3O5+. The van der Waals surface area contributed by atoms with Crippen molar-refractivity contribution in [2.24, 2.45) is 0 Å². The average Bonchev–Trinajstić information content (AvgIpc) is 3.57. The van der Waals surface area contributed by atoms with Crippen molar-refractivity contribution in [1.29, 1.82) is 0 Å². The zero-order chi connectivity index (χ0) is 23.1. The highest BCUT2D eigenvalue weighted by Gasteiger charge is 2.47. The Kier molecular flexibility index (Phi) is 5.28. The molecule has 0 aliphatic carbocycles. The number of aromatic nitrogens is 2. The van der Waals surface area contributed by atoms with E-state index in [1.54, 1.807) is 31.2 Å². The number of benzene rings is 1. The van der Waals surface area contributed by atoms with Crippen molar-refractivity contribution in [3.8, 4) is 5.75 Å². The van der Waals surface area contributed by atoms with Gasteiger partial charge < -0.3 is 19.2 Å². The molecule has 8 heteroatoms. The summed E-state index contributed by atoms with van der Waals surface area (Å²) >= 11 is 0. The van der Waals surface area contributed by atoms with E-state index in [2.05, 4.69) is 4.98 Å². The van der Waals surface area contributed by atoms with Gasteiger partial charge in [0.15, 0.2) is 0 Å². The number of carbonyl (C=O) groups excluding carboxylic acids is 2. The van der Waals surface area contributed by atoms with Crippen LogP contribution in [0.2, 0.25) is 0 Å². The van der Waals surface area contributed by atoms with Crippen LogP contribution in [0.5, 0.6) is 5.75 Å². The maximum atomic E-state index is 13.1. The Morgan fingerprint density at radius 2 is 2.12 bits per heavy atom. The van der Waals surface area contributed by atoms with E-state index in [1.807, 2.05) is 36.3 Å². The third-order valence-corrected chi connectivity index (χ3v) is 6.16. The Bertz CT molecular complexity index is 1240. The molecule has 0 saturated carbocycles. The monoisotopic (exact) mass is 448 g/mol. The van der Waals surface area contributed by atoms with E-state index < -0.39 is 17.7 Å². The topological polar surface area (TPSA) is 99.6 Å². The average molecular weight is 448 g/mol. The molecule has 2 aliphatic rings. The lowest BCUT2D eigenvalue weighted by molar-refractivity contribution is -0.695. The van der Waals surface area contributed by atoms with Gasteiger partial charge in [0.1, 0.15) is 47.6 Å². The number of Topliss-reactive ketones (excluding diaryl/α,β-unsaturated/α-hetero) is 1. The number of nitrogens with one attached hydrogen (secondary N) is 1. The lowest BCUT2D eigenvalue weighted by atomic mass is 9.97. The van der Waals surface area contributed by atoms with Crippen LogP contribution < -0.4 is 9.30 Å². The summed E-state index contributed by atoms with van der Waals surface area (Å²) in [5, 5.41) is 11.2.